The van der Waals surface area contributed by atoms with Gasteiger partial charge in [-0.15, -0.1) is 0 Å². The van der Waals surface area contributed by atoms with Gasteiger partial charge in [0.15, 0.2) is 0 Å². The lowest BCUT2D eigenvalue weighted by atomic mass is 10.2. The number of aryl methyl sites for hydroxylation is 2. The molecular formula is C14H24N2. The zero-order valence-electron chi connectivity index (χ0n) is 11.4. The summed E-state index contributed by atoms with van der Waals surface area (Å²) in [6.45, 7) is 10.1. The summed E-state index contributed by atoms with van der Waals surface area (Å²) < 4.78 is 2.05. The first-order chi connectivity index (χ1) is 7.81. The third-order valence-corrected chi connectivity index (χ3v) is 2.14. The van der Waals surface area contributed by atoms with Crippen molar-refractivity contribution in [2.75, 3.05) is 0 Å². The van der Waals surface area contributed by atoms with E-state index in [0.29, 0.717) is 0 Å². The standard InChI is InChI=1S/C10H12N2.2C2H6/c1-3-9-5-4-8-6-7-12(2)10(8)11-9;2*1-2/h4-7H,3H2,1-2H3;2*1-2H3. The Balaban J connectivity index is 0.000000509. The number of fused-ring (bicyclic) bond motifs is 1. The van der Waals surface area contributed by atoms with Gasteiger partial charge < -0.3 is 4.57 Å². The van der Waals surface area contributed by atoms with Crippen LogP contribution in [0.1, 0.15) is 40.3 Å². The molecule has 0 radical (unpaired) electrons. The van der Waals surface area contributed by atoms with Crippen LogP contribution in [0.25, 0.3) is 11.0 Å². The van der Waals surface area contributed by atoms with Crippen LogP contribution in [0.3, 0.4) is 0 Å². The molecule has 0 N–H and O–H groups in total. The van der Waals surface area contributed by atoms with E-state index in [4.69, 9.17) is 0 Å². The minimum atomic E-state index is 1.00. The van der Waals surface area contributed by atoms with Gasteiger partial charge in [0.1, 0.15) is 5.65 Å². The van der Waals surface area contributed by atoms with Gasteiger partial charge in [0, 0.05) is 24.3 Å². The Morgan fingerprint density at radius 3 is 2.25 bits per heavy atom. The molecule has 0 aliphatic rings. The monoisotopic (exact) mass is 220 g/mol. The Morgan fingerprint density at radius 2 is 1.69 bits per heavy atom. The van der Waals surface area contributed by atoms with Crippen molar-refractivity contribution in [2.24, 2.45) is 7.05 Å². The van der Waals surface area contributed by atoms with E-state index in [2.05, 4.69) is 34.7 Å². The molecule has 0 bridgehead atoms. The normalized spacial score (nSPS) is 8.88. The van der Waals surface area contributed by atoms with Crippen LogP contribution < -0.4 is 0 Å². The summed E-state index contributed by atoms with van der Waals surface area (Å²) in [7, 11) is 2.02. The Labute approximate surface area is 99.3 Å². The maximum Gasteiger partial charge on any atom is 0.139 e. The minimum absolute atomic E-state index is 1.00. The largest absolute Gasteiger partial charge is 0.336 e. The molecular weight excluding hydrogens is 196 g/mol. The first kappa shape index (κ1) is 14.7. The SMILES string of the molecule is CC.CC.CCc1ccc2ccn(C)c2n1. The van der Waals surface area contributed by atoms with Crippen LogP contribution in [-0.4, -0.2) is 9.55 Å². The van der Waals surface area contributed by atoms with E-state index in [1.54, 1.807) is 0 Å². The van der Waals surface area contributed by atoms with Gasteiger partial charge in [-0.05, 0) is 24.6 Å². The second kappa shape index (κ2) is 7.91. The Bertz CT molecular complexity index is 402. The molecule has 0 aliphatic heterocycles. The number of rotatable bonds is 1. The molecule has 2 heterocycles. The molecule has 0 amide bonds. The van der Waals surface area contributed by atoms with Gasteiger partial charge in [-0.2, -0.15) is 0 Å². The maximum absolute atomic E-state index is 4.52. The van der Waals surface area contributed by atoms with E-state index in [9.17, 15) is 0 Å². The third kappa shape index (κ3) is 3.37. The summed E-state index contributed by atoms with van der Waals surface area (Å²) in [5.74, 6) is 0. The van der Waals surface area contributed by atoms with Crippen molar-refractivity contribution in [2.45, 2.75) is 41.0 Å². The molecule has 90 valence electrons. The van der Waals surface area contributed by atoms with Crippen molar-refractivity contribution in [3.8, 4) is 0 Å². The molecule has 0 saturated heterocycles. The summed E-state index contributed by atoms with van der Waals surface area (Å²) >= 11 is 0. The second-order valence-corrected chi connectivity index (χ2v) is 3.00. The predicted molar refractivity (Wildman–Crippen MR) is 72.8 cm³/mol. The summed E-state index contributed by atoms with van der Waals surface area (Å²) in [6.07, 6.45) is 3.04. The van der Waals surface area contributed by atoms with Crippen LogP contribution in [0, 0.1) is 0 Å². The number of hydrogen-bond acceptors (Lipinski definition) is 1. The lowest BCUT2D eigenvalue weighted by Crippen LogP contribution is -1.91. The Hall–Kier alpha value is -1.31. The van der Waals surface area contributed by atoms with Crippen molar-refractivity contribution in [3.05, 3.63) is 30.1 Å². The van der Waals surface area contributed by atoms with Gasteiger partial charge in [-0.1, -0.05) is 34.6 Å². The summed E-state index contributed by atoms with van der Waals surface area (Å²) in [5, 5.41) is 1.22. The maximum atomic E-state index is 4.52. The molecule has 0 atom stereocenters. The van der Waals surface area contributed by atoms with Crippen LogP contribution in [-0.2, 0) is 13.5 Å². The van der Waals surface area contributed by atoms with E-state index in [-0.39, 0.29) is 0 Å². The topological polar surface area (TPSA) is 17.8 Å². The molecule has 0 fully saturated rings. The van der Waals surface area contributed by atoms with Crippen molar-refractivity contribution in [3.63, 3.8) is 0 Å². The lowest BCUT2D eigenvalue weighted by Gasteiger charge is -1.97. The van der Waals surface area contributed by atoms with Crippen LogP contribution in [0.4, 0.5) is 0 Å². The molecule has 2 aromatic rings. The lowest BCUT2D eigenvalue weighted by molar-refractivity contribution is 0.932. The molecule has 0 aromatic carbocycles. The highest BCUT2D eigenvalue weighted by atomic mass is 15.0. The number of aromatic nitrogens is 2. The molecule has 2 heteroatoms. The van der Waals surface area contributed by atoms with Gasteiger partial charge in [0.05, 0.1) is 0 Å². The van der Waals surface area contributed by atoms with Gasteiger partial charge in [-0.25, -0.2) is 4.98 Å². The summed E-state index contributed by atoms with van der Waals surface area (Å²) in [5.41, 5.74) is 2.23. The predicted octanol–water partition coefficient (Wildman–Crippen LogP) is 4.19. The van der Waals surface area contributed by atoms with E-state index in [1.165, 1.54) is 5.39 Å². The van der Waals surface area contributed by atoms with Crippen LogP contribution >= 0.6 is 0 Å². The smallest absolute Gasteiger partial charge is 0.139 e. The van der Waals surface area contributed by atoms with Crippen molar-refractivity contribution < 1.29 is 0 Å². The van der Waals surface area contributed by atoms with Crippen LogP contribution in [0.15, 0.2) is 24.4 Å². The van der Waals surface area contributed by atoms with Gasteiger partial charge in [0.2, 0.25) is 0 Å². The fourth-order valence-corrected chi connectivity index (χ4v) is 1.37. The van der Waals surface area contributed by atoms with E-state index < -0.39 is 0 Å². The first-order valence-electron chi connectivity index (χ1n) is 6.22. The minimum Gasteiger partial charge on any atom is -0.336 e. The summed E-state index contributed by atoms with van der Waals surface area (Å²) in [6, 6.07) is 6.30. The summed E-state index contributed by atoms with van der Waals surface area (Å²) in [4.78, 5) is 4.52. The fraction of sp³-hybridized carbons (Fsp3) is 0.500. The molecule has 0 unspecified atom stereocenters. The Morgan fingerprint density at radius 1 is 1.06 bits per heavy atom. The molecule has 2 rings (SSSR count). The van der Waals surface area contributed by atoms with Gasteiger partial charge >= 0.3 is 0 Å². The Kier molecular flexibility index (Phi) is 7.27. The molecule has 2 nitrogen and oxygen atoms in total. The van der Waals surface area contributed by atoms with Gasteiger partial charge in [-0.3, -0.25) is 0 Å². The van der Waals surface area contributed by atoms with E-state index in [0.717, 1.165) is 17.8 Å². The number of hydrogen-bond donors (Lipinski definition) is 0. The molecule has 2 aromatic heterocycles. The highest BCUT2D eigenvalue weighted by molar-refractivity contribution is 5.76. The average molecular weight is 220 g/mol. The third-order valence-electron chi connectivity index (χ3n) is 2.14. The zero-order valence-corrected chi connectivity index (χ0v) is 11.4. The second-order valence-electron chi connectivity index (χ2n) is 3.00. The van der Waals surface area contributed by atoms with Crippen molar-refractivity contribution in [1.82, 2.24) is 9.55 Å². The van der Waals surface area contributed by atoms with Crippen molar-refractivity contribution in [1.29, 1.82) is 0 Å². The van der Waals surface area contributed by atoms with E-state index >= 15 is 0 Å². The molecule has 0 aliphatic carbocycles. The fourth-order valence-electron chi connectivity index (χ4n) is 1.37. The average Bonchev–Trinajstić information content (AvgIpc) is 2.75. The number of nitrogens with zero attached hydrogens (tertiary/aromatic N) is 2. The van der Waals surface area contributed by atoms with Crippen LogP contribution in [0.2, 0.25) is 0 Å². The van der Waals surface area contributed by atoms with Gasteiger partial charge in [0.25, 0.3) is 0 Å². The first-order valence-corrected chi connectivity index (χ1v) is 6.22. The van der Waals surface area contributed by atoms with Crippen LogP contribution in [0.5, 0.6) is 0 Å². The zero-order chi connectivity index (χ0) is 12.6. The highest BCUT2D eigenvalue weighted by Gasteiger charge is 1.98. The quantitative estimate of drug-likeness (QED) is 0.704. The highest BCUT2D eigenvalue weighted by Crippen LogP contribution is 2.12. The van der Waals surface area contributed by atoms with Crippen molar-refractivity contribution >= 4 is 11.0 Å². The molecule has 0 saturated carbocycles. The van der Waals surface area contributed by atoms with E-state index in [1.807, 2.05) is 40.9 Å². The molecule has 16 heavy (non-hydrogen) atoms. The number of pyridine rings is 1. The molecule has 0 spiro atoms.